The molecule has 0 saturated carbocycles. The summed E-state index contributed by atoms with van der Waals surface area (Å²) in [5, 5.41) is 9.52. The molecule has 1 aliphatic heterocycles. The van der Waals surface area contributed by atoms with E-state index < -0.39 is 47.2 Å². The fraction of sp³-hybridized carbons (Fsp3) is 0.0714. The van der Waals surface area contributed by atoms with Crippen LogP contribution in [0.25, 0.3) is 16.8 Å². The topological polar surface area (TPSA) is 97.6 Å². The first-order chi connectivity index (χ1) is 19.9. The van der Waals surface area contributed by atoms with Gasteiger partial charge in [-0.2, -0.15) is 5.10 Å². The van der Waals surface area contributed by atoms with Crippen LogP contribution in [-0.2, 0) is 0 Å². The van der Waals surface area contributed by atoms with Crippen LogP contribution in [-0.4, -0.2) is 32.8 Å². The van der Waals surface area contributed by atoms with Crippen LogP contribution in [0, 0.1) is 11.6 Å². The number of nitrogens with zero attached hydrogens (tertiary/aromatic N) is 3. The molecule has 1 aliphatic rings. The molecule has 6 rings (SSSR count). The zero-order valence-electron chi connectivity index (χ0n) is 20.8. The van der Waals surface area contributed by atoms with Gasteiger partial charge >= 0.3 is 6.36 Å². The number of nitrogens with one attached hydrogen (secondary N) is 2. The lowest BCUT2D eigenvalue weighted by molar-refractivity contribution is -0.274. The quantitative estimate of drug-likeness (QED) is 0.231. The van der Waals surface area contributed by atoms with Gasteiger partial charge in [0.15, 0.2) is 5.65 Å². The van der Waals surface area contributed by atoms with E-state index >= 15 is 0 Å². The Kier molecular flexibility index (Phi) is 6.53. The monoisotopic (exact) mass is 599 g/mol. The number of hydrogen-bond donors (Lipinski definition) is 2. The molecule has 2 N–H and O–H groups in total. The lowest BCUT2D eigenvalue weighted by atomic mass is 9.93. The van der Waals surface area contributed by atoms with Crippen molar-refractivity contribution in [3.63, 3.8) is 0 Å². The molecule has 14 heteroatoms. The highest BCUT2D eigenvalue weighted by molar-refractivity contribution is 6.31. The average molecular weight is 600 g/mol. The second-order valence-electron chi connectivity index (χ2n) is 9.22. The summed E-state index contributed by atoms with van der Waals surface area (Å²) >= 11 is 6.34. The summed E-state index contributed by atoms with van der Waals surface area (Å²) in [5.41, 5.74) is 1.65. The predicted molar refractivity (Wildman–Crippen MR) is 140 cm³/mol. The van der Waals surface area contributed by atoms with Crippen LogP contribution < -0.4 is 15.4 Å². The Labute approximate surface area is 237 Å². The van der Waals surface area contributed by atoms with E-state index in [1.165, 1.54) is 23.0 Å². The number of hydrogen-bond acceptors (Lipinski definition) is 5. The van der Waals surface area contributed by atoms with E-state index in [4.69, 9.17) is 11.6 Å². The van der Waals surface area contributed by atoms with Gasteiger partial charge in [0.2, 0.25) is 0 Å². The molecule has 2 amide bonds. The maximum atomic E-state index is 14.2. The highest BCUT2D eigenvalue weighted by Gasteiger charge is 2.35. The number of aromatic nitrogens is 3. The van der Waals surface area contributed by atoms with Gasteiger partial charge in [-0.05, 0) is 60.2 Å². The largest absolute Gasteiger partial charge is 0.573 e. The van der Waals surface area contributed by atoms with Crippen LogP contribution in [0.15, 0.2) is 73.2 Å². The number of halogens is 6. The fourth-order valence-corrected chi connectivity index (χ4v) is 4.97. The smallest absolute Gasteiger partial charge is 0.406 e. The Morgan fingerprint density at radius 2 is 1.81 bits per heavy atom. The Morgan fingerprint density at radius 3 is 2.60 bits per heavy atom. The summed E-state index contributed by atoms with van der Waals surface area (Å²) in [5.74, 6) is -4.27. The van der Waals surface area contributed by atoms with Crippen molar-refractivity contribution < 1.29 is 36.3 Å². The standard InChI is InChI=1S/C28H15ClF5N5O3/c29-21-3-2-16(30)10-19(21)25-24-20(27(41)38-25)7-14(13-1-4-23-35-12-36-39(23)11-13)8-22(24)37-26(40)15-5-17(31)9-18(6-15)42-28(32,33)34/h1-12,25H,(H,37,40)(H,38,41)/t25-/m1/s1. The Bertz CT molecular complexity index is 1910. The van der Waals surface area contributed by atoms with E-state index in [1.807, 2.05) is 0 Å². The number of alkyl halides is 3. The predicted octanol–water partition coefficient (Wildman–Crippen LogP) is 6.31. The minimum absolute atomic E-state index is 0.0393. The van der Waals surface area contributed by atoms with Gasteiger partial charge in [-0.3, -0.25) is 9.59 Å². The number of ether oxygens (including phenoxy) is 1. The Morgan fingerprint density at radius 1 is 1.00 bits per heavy atom. The van der Waals surface area contributed by atoms with Crippen molar-refractivity contribution >= 4 is 34.7 Å². The lowest BCUT2D eigenvalue weighted by Gasteiger charge is -2.19. The Hall–Kier alpha value is -5.04. The third kappa shape index (κ3) is 5.21. The lowest BCUT2D eigenvalue weighted by Crippen LogP contribution is -2.21. The first-order valence-electron chi connectivity index (χ1n) is 12.1. The van der Waals surface area contributed by atoms with Gasteiger partial charge in [-0.15, -0.1) is 13.2 Å². The second kappa shape index (κ2) is 10.1. The minimum atomic E-state index is -5.12. The summed E-state index contributed by atoms with van der Waals surface area (Å²) in [6, 6.07) is 11.0. The maximum Gasteiger partial charge on any atom is 0.573 e. The molecule has 0 radical (unpaired) electrons. The van der Waals surface area contributed by atoms with E-state index in [2.05, 4.69) is 25.5 Å². The van der Waals surface area contributed by atoms with Gasteiger partial charge < -0.3 is 15.4 Å². The molecule has 0 saturated heterocycles. The van der Waals surface area contributed by atoms with Gasteiger partial charge in [-0.1, -0.05) is 11.6 Å². The maximum absolute atomic E-state index is 14.2. The van der Waals surface area contributed by atoms with E-state index in [-0.39, 0.29) is 27.4 Å². The molecule has 0 bridgehead atoms. The van der Waals surface area contributed by atoms with Gasteiger partial charge in [0.1, 0.15) is 23.7 Å². The average Bonchev–Trinajstić information content (AvgIpc) is 3.52. The normalized spacial score (nSPS) is 14.5. The van der Waals surface area contributed by atoms with Crippen molar-refractivity contribution in [1.29, 1.82) is 0 Å². The van der Waals surface area contributed by atoms with Crippen molar-refractivity contribution in [3.05, 3.63) is 112 Å². The van der Waals surface area contributed by atoms with E-state index in [0.717, 1.165) is 24.3 Å². The molecule has 8 nitrogen and oxygen atoms in total. The van der Waals surface area contributed by atoms with Crippen LogP contribution in [0.1, 0.15) is 37.9 Å². The molecular weight excluding hydrogens is 585 g/mol. The van der Waals surface area contributed by atoms with Crippen LogP contribution in [0.5, 0.6) is 5.75 Å². The number of carbonyl (C=O) groups is 2. The number of pyridine rings is 1. The minimum Gasteiger partial charge on any atom is -0.406 e. The highest BCUT2D eigenvalue weighted by Crippen LogP contribution is 2.42. The molecule has 0 unspecified atom stereocenters. The molecule has 42 heavy (non-hydrogen) atoms. The number of benzene rings is 3. The SMILES string of the molecule is O=C(Nc1cc(-c2ccc3ncnn3c2)cc2c1[C@@H](c1cc(F)ccc1Cl)NC2=O)c1cc(F)cc(OC(F)(F)F)c1. The number of anilines is 1. The van der Waals surface area contributed by atoms with E-state index in [9.17, 15) is 31.5 Å². The first kappa shape index (κ1) is 27.1. The molecule has 2 aromatic heterocycles. The molecule has 0 fully saturated rings. The molecule has 0 spiro atoms. The number of amides is 2. The summed E-state index contributed by atoms with van der Waals surface area (Å²) in [7, 11) is 0. The summed E-state index contributed by atoms with van der Waals surface area (Å²) in [6.07, 6.45) is -2.13. The van der Waals surface area contributed by atoms with Gasteiger partial charge in [0.25, 0.3) is 11.8 Å². The van der Waals surface area contributed by atoms with Crippen molar-refractivity contribution in [2.45, 2.75) is 12.4 Å². The Balaban J connectivity index is 1.48. The van der Waals surface area contributed by atoms with Crippen LogP contribution >= 0.6 is 11.6 Å². The van der Waals surface area contributed by atoms with Crippen LogP contribution in [0.3, 0.4) is 0 Å². The highest BCUT2D eigenvalue weighted by atomic mass is 35.5. The van der Waals surface area contributed by atoms with Crippen molar-refractivity contribution in [2.24, 2.45) is 0 Å². The molecule has 3 aromatic carbocycles. The zero-order valence-corrected chi connectivity index (χ0v) is 21.6. The van der Waals surface area contributed by atoms with Gasteiger partial charge in [0.05, 0.1) is 6.04 Å². The zero-order chi connectivity index (χ0) is 29.8. The molecule has 3 heterocycles. The molecule has 212 valence electrons. The molecule has 0 aliphatic carbocycles. The summed E-state index contributed by atoms with van der Waals surface area (Å²) in [6.45, 7) is 0. The van der Waals surface area contributed by atoms with Gasteiger partial charge in [0, 0.05) is 50.8 Å². The van der Waals surface area contributed by atoms with Gasteiger partial charge in [-0.25, -0.2) is 18.3 Å². The van der Waals surface area contributed by atoms with E-state index in [1.54, 1.807) is 24.4 Å². The van der Waals surface area contributed by atoms with Crippen molar-refractivity contribution in [3.8, 4) is 16.9 Å². The third-order valence-electron chi connectivity index (χ3n) is 6.48. The molecule has 5 aromatic rings. The molecule has 1 atom stereocenters. The number of fused-ring (bicyclic) bond motifs is 2. The summed E-state index contributed by atoms with van der Waals surface area (Å²) in [4.78, 5) is 30.5. The number of rotatable bonds is 5. The summed E-state index contributed by atoms with van der Waals surface area (Å²) < 4.78 is 71.9. The van der Waals surface area contributed by atoms with Crippen LogP contribution in [0.4, 0.5) is 27.6 Å². The fourth-order valence-electron chi connectivity index (χ4n) is 4.74. The molecular formula is C28H15ClF5N5O3. The first-order valence-corrected chi connectivity index (χ1v) is 12.4. The second-order valence-corrected chi connectivity index (χ2v) is 9.62. The van der Waals surface area contributed by atoms with Crippen molar-refractivity contribution in [1.82, 2.24) is 19.9 Å². The number of carbonyl (C=O) groups excluding carboxylic acids is 2. The van der Waals surface area contributed by atoms with E-state index in [0.29, 0.717) is 22.8 Å². The van der Waals surface area contributed by atoms with Crippen molar-refractivity contribution in [2.75, 3.05) is 5.32 Å². The third-order valence-corrected chi connectivity index (χ3v) is 6.82. The van der Waals surface area contributed by atoms with Crippen LogP contribution in [0.2, 0.25) is 5.02 Å².